The highest BCUT2D eigenvalue weighted by Gasteiger charge is 2.32. The number of benzene rings is 1. The summed E-state index contributed by atoms with van der Waals surface area (Å²) < 4.78 is 12.0. The molecule has 0 saturated heterocycles. The molecule has 2 aromatic heterocycles. The Kier molecular flexibility index (Phi) is 8.82. The van der Waals surface area contributed by atoms with Crippen LogP contribution in [0.15, 0.2) is 60.0 Å². The van der Waals surface area contributed by atoms with Gasteiger partial charge in [0.05, 0.1) is 12.3 Å². The molecular formula is C29H36N6O4S. The van der Waals surface area contributed by atoms with Crippen molar-refractivity contribution in [3.63, 3.8) is 0 Å². The molecule has 1 aliphatic heterocycles. The number of nitrogens with one attached hydrogen (secondary N) is 1. The monoisotopic (exact) mass is 564 g/mol. The van der Waals surface area contributed by atoms with Crippen LogP contribution in [0, 0.1) is 0 Å². The largest absolute Gasteiger partial charge is 0.481 e. The second-order valence-electron chi connectivity index (χ2n) is 10.8. The van der Waals surface area contributed by atoms with Gasteiger partial charge in [-0.3, -0.25) is 9.78 Å². The fourth-order valence-electron chi connectivity index (χ4n) is 4.31. The van der Waals surface area contributed by atoms with Crippen LogP contribution in [0.1, 0.15) is 50.2 Å². The summed E-state index contributed by atoms with van der Waals surface area (Å²) in [6.07, 6.45) is 5.08. The van der Waals surface area contributed by atoms with E-state index in [0.717, 1.165) is 0 Å². The van der Waals surface area contributed by atoms with Crippen LogP contribution >= 0.6 is 11.8 Å². The number of pyridine rings is 1. The number of aromatic nitrogens is 3. The minimum atomic E-state index is -0.903. The van der Waals surface area contributed by atoms with E-state index in [4.69, 9.17) is 9.47 Å². The van der Waals surface area contributed by atoms with Gasteiger partial charge in [-0.25, -0.2) is 14.8 Å². The van der Waals surface area contributed by atoms with Crippen LogP contribution in [0.3, 0.4) is 0 Å². The van der Waals surface area contributed by atoms with Crippen LogP contribution in [-0.4, -0.2) is 65.5 Å². The van der Waals surface area contributed by atoms with Gasteiger partial charge in [0.15, 0.2) is 10.8 Å². The van der Waals surface area contributed by atoms with Gasteiger partial charge in [-0.1, -0.05) is 23.9 Å². The molecule has 0 bridgehead atoms. The van der Waals surface area contributed by atoms with E-state index in [1.807, 2.05) is 88.4 Å². The Balaban J connectivity index is 1.57. The van der Waals surface area contributed by atoms with Crippen molar-refractivity contribution in [3.05, 3.63) is 66.1 Å². The number of alkyl carbamates (subject to hydrolysis) is 1. The molecule has 0 radical (unpaired) electrons. The van der Waals surface area contributed by atoms with Gasteiger partial charge in [0, 0.05) is 56.2 Å². The number of ether oxygens (including phenoxy) is 2. The first-order valence-electron chi connectivity index (χ1n) is 13.1. The van der Waals surface area contributed by atoms with Gasteiger partial charge in [-0.15, -0.1) is 0 Å². The number of thioether (sulfide) groups is 1. The molecule has 0 spiro atoms. The summed E-state index contributed by atoms with van der Waals surface area (Å²) in [7, 11) is 1.92. The summed E-state index contributed by atoms with van der Waals surface area (Å²) in [5.74, 6) is 1.01. The zero-order valence-electron chi connectivity index (χ0n) is 23.8. The molecule has 3 heterocycles. The summed E-state index contributed by atoms with van der Waals surface area (Å²) >= 11 is 1.44. The van der Waals surface area contributed by atoms with E-state index in [9.17, 15) is 9.59 Å². The first-order chi connectivity index (χ1) is 19.0. The molecule has 11 heteroatoms. The standard InChI is InChI=1S/C29H36N6O4S/c1-28(2,3)33-27(37)38-17-13-29(4,23-12-7-8-14-30-23)39-21-11-9-10-20(18-21)35-16-15-34(5)24-22(25(35)36)19-31-26(32-24)40-6/h7-12,14,18-19H,13,15-17H2,1-6H3,(H,33,37). The third kappa shape index (κ3) is 7.01. The first-order valence-corrected chi connectivity index (χ1v) is 14.3. The molecule has 1 aliphatic rings. The summed E-state index contributed by atoms with van der Waals surface area (Å²) in [5, 5.41) is 3.42. The number of rotatable bonds is 8. The Morgan fingerprint density at radius 2 is 1.90 bits per heavy atom. The van der Waals surface area contributed by atoms with Gasteiger partial charge < -0.3 is 24.6 Å². The Morgan fingerprint density at radius 3 is 2.60 bits per heavy atom. The van der Waals surface area contributed by atoms with E-state index in [2.05, 4.69) is 20.3 Å². The molecule has 1 N–H and O–H groups in total. The lowest BCUT2D eigenvalue weighted by atomic mass is 9.97. The summed E-state index contributed by atoms with van der Waals surface area (Å²) in [6.45, 7) is 8.79. The minimum absolute atomic E-state index is 0.125. The molecule has 1 unspecified atom stereocenters. The fraction of sp³-hybridized carbons (Fsp3) is 0.414. The van der Waals surface area contributed by atoms with E-state index < -0.39 is 17.2 Å². The lowest BCUT2D eigenvalue weighted by Crippen LogP contribution is -2.41. The fourth-order valence-corrected chi connectivity index (χ4v) is 4.65. The average Bonchev–Trinajstić information content (AvgIpc) is 3.04. The highest BCUT2D eigenvalue weighted by Crippen LogP contribution is 2.33. The molecule has 1 aromatic carbocycles. The quantitative estimate of drug-likeness (QED) is 0.302. The highest BCUT2D eigenvalue weighted by atomic mass is 32.2. The first kappa shape index (κ1) is 29.1. The zero-order valence-corrected chi connectivity index (χ0v) is 24.6. The number of carbonyl (C=O) groups excluding carboxylic acids is 2. The van der Waals surface area contributed by atoms with E-state index in [1.165, 1.54) is 11.8 Å². The molecule has 2 amide bonds. The zero-order chi connectivity index (χ0) is 28.9. The number of hydrogen-bond donors (Lipinski definition) is 1. The van der Waals surface area contributed by atoms with Gasteiger partial charge in [-0.05, 0) is 58.2 Å². The minimum Gasteiger partial charge on any atom is -0.481 e. The van der Waals surface area contributed by atoms with Crippen LogP contribution in [-0.2, 0) is 10.3 Å². The molecule has 1 atom stereocenters. The Hall–Kier alpha value is -3.86. The maximum Gasteiger partial charge on any atom is 0.407 e. The predicted molar refractivity (Wildman–Crippen MR) is 156 cm³/mol. The number of fused-ring (bicyclic) bond motifs is 1. The van der Waals surface area contributed by atoms with Crippen molar-refractivity contribution in [2.24, 2.45) is 0 Å². The topological polar surface area (TPSA) is 110 Å². The van der Waals surface area contributed by atoms with Crippen LogP contribution in [0.4, 0.5) is 16.3 Å². The van der Waals surface area contributed by atoms with Crippen molar-refractivity contribution < 1.29 is 19.1 Å². The molecule has 212 valence electrons. The Labute approximate surface area is 239 Å². The molecule has 10 nitrogen and oxygen atoms in total. The van der Waals surface area contributed by atoms with E-state index in [-0.39, 0.29) is 12.5 Å². The van der Waals surface area contributed by atoms with E-state index in [0.29, 0.717) is 53.2 Å². The number of nitrogens with zero attached hydrogens (tertiary/aromatic N) is 5. The SMILES string of the molecule is CSc1ncc2c(n1)N(C)CCN(c1cccc(OC(C)(CCOC(=O)NC(C)(C)C)c3ccccn3)c1)C2=O. The van der Waals surface area contributed by atoms with Crippen molar-refractivity contribution in [1.29, 1.82) is 0 Å². The van der Waals surface area contributed by atoms with Crippen molar-refractivity contribution in [1.82, 2.24) is 20.3 Å². The second-order valence-corrected chi connectivity index (χ2v) is 11.6. The van der Waals surface area contributed by atoms with Gasteiger partial charge >= 0.3 is 6.09 Å². The predicted octanol–water partition coefficient (Wildman–Crippen LogP) is 4.90. The average molecular weight is 565 g/mol. The molecule has 3 aromatic rings. The van der Waals surface area contributed by atoms with Crippen molar-refractivity contribution >= 4 is 35.3 Å². The summed E-state index contributed by atoms with van der Waals surface area (Å²) in [6, 6.07) is 13.0. The lowest BCUT2D eigenvalue weighted by molar-refractivity contribution is 0.0436. The third-order valence-corrected chi connectivity index (χ3v) is 6.96. The second kappa shape index (κ2) is 12.1. The van der Waals surface area contributed by atoms with Crippen molar-refractivity contribution in [2.45, 2.75) is 50.4 Å². The highest BCUT2D eigenvalue weighted by molar-refractivity contribution is 7.98. The van der Waals surface area contributed by atoms with Crippen molar-refractivity contribution in [2.75, 3.05) is 42.8 Å². The van der Waals surface area contributed by atoms with Crippen LogP contribution < -0.4 is 19.9 Å². The molecule has 0 fully saturated rings. The van der Waals surface area contributed by atoms with E-state index in [1.54, 1.807) is 17.3 Å². The molecule has 0 saturated carbocycles. The molecular weight excluding hydrogens is 528 g/mol. The number of carbonyl (C=O) groups is 2. The summed E-state index contributed by atoms with van der Waals surface area (Å²) in [4.78, 5) is 43.0. The van der Waals surface area contributed by atoms with Crippen LogP contribution in [0.2, 0.25) is 0 Å². The van der Waals surface area contributed by atoms with Gasteiger partial charge in [-0.2, -0.15) is 0 Å². The lowest BCUT2D eigenvalue weighted by Gasteiger charge is -2.31. The molecule has 40 heavy (non-hydrogen) atoms. The van der Waals surface area contributed by atoms with Gasteiger partial charge in [0.2, 0.25) is 0 Å². The number of amides is 2. The number of likely N-dealkylation sites (N-methyl/N-ethyl adjacent to an activating group) is 1. The van der Waals surface area contributed by atoms with Crippen LogP contribution in [0.5, 0.6) is 5.75 Å². The Bertz CT molecular complexity index is 1350. The number of hydrogen-bond acceptors (Lipinski definition) is 9. The number of anilines is 2. The molecule has 0 aliphatic carbocycles. The third-order valence-electron chi connectivity index (χ3n) is 6.39. The normalized spacial score (nSPS) is 15.1. The summed E-state index contributed by atoms with van der Waals surface area (Å²) in [5.41, 5.74) is 0.542. The Morgan fingerprint density at radius 1 is 1.10 bits per heavy atom. The van der Waals surface area contributed by atoms with Gasteiger partial charge in [0.25, 0.3) is 5.91 Å². The van der Waals surface area contributed by atoms with E-state index >= 15 is 0 Å². The molecule has 4 rings (SSSR count). The maximum atomic E-state index is 13.6. The maximum absolute atomic E-state index is 13.6. The van der Waals surface area contributed by atoms with Gasteiger partial charge in [0.1, 0.15) is 17.1 Å². The van der Waals surface area contributed by atoms with Crippen LogP contribution in [0.25, 0.3) is 0 Å². The smallest absolute Gasteiger partial charge is 0.407 e. The van der Waals surface area contributed by atoms with Crippen molar-refractivity contribution in [3.8, 4) is 5.75 Å².